The Morgan fingerprint density at radius 2 is 0.708 bits per heavy atom. The number of aromatic hydroxyl groups is 2. The number of hydrogen-bond donors (Lipinski definition) is 2. The van der Waals surface area contributed by atoms with Crippen molar-refractivity contribution in [3.63, 3.8) is 0 Å². The minimum absolute atomic E-state index is 0.351. The Morgan fingerprint density at radius 1 is 0.417 bits per heavy atom. The first-order valence-corrected chi connectivity index (χ1v) is 9.30. The van der Waals surface area contributed by atoms with Crippen LogP contribution >= 0.6 is 0 Å². The lowest BCUT2D eigenvalue weighted by Gasteiger charge is -2.04. The normalized spacial score (nSPS) is 10.8. The summed E-state index contributed by atoms with van der Waals surface area (Å²) in [4.78, 5) is 0. The minimum atomic E-state index is 0.351. The van der Waals surface area contributed by atoms with Gasteiger partial charge in [-0.05, 0) is 61.1 Å². The van der Waals surface area contributed by atoms with Crippen molar-refractivity contribution in [1.82, 2.24) is 0 Å². The van der Waals surface area contributed by atoms with Crippen LogP contribution < -0.4 is 0 Å². The summed E-state index contributed by atoms with van der Waals surface area (Å²) in [7, 11) is 0. The lowest BCUT2D eigenvalue weighted by atomic mass is 10.0. The average Bonchev–Trinajstić information content (AvgIpc) is 2.60. The quantitative estimate of drug-likeness (QED) is 0.497. The molecule has 2 nitrogen and oxygen atoms in total. The van der Waals surface area contributed by atoms with E-state index in [-0.39, 0.29) is 0 Å². The molecule has 0 unspecified atom stereocenters. The predicted octanol–water partition coefficient (Wildman–Crippen LogP) is 6.00. The number of rotatable bonds is 11. The van der Waals surface area contributed by atoms with E-state index in [9.17, 15) is 10.2 Å². The fourth-order valence-electron chi connectivity index (χ4n) is 3.04. The van der Waals surface area contributed by atoms with Crippen molar-refractivity contribution >= 4 is 0 Å². The summed E-state index contributed by atoms with van der Waals surface area (Å²) in [5.41, 5.74) is 2.64. The molecule has 0 aliphatic rings. The van der Waals surface area contributed by atoms with Crippen LogP contribution in [0.25, 0.3) is 0 Å². The van der Waals surface area contributed by atoms with Crippen molar-refractivity contribution in [2.45, 2.75) is 64.2 Å². The van der Waals surface area contributed by atoms with Crippen LogP contribution in [0.2, 0.25) is 0 Å². The second kappa shape index (κ2) is 10.7. The van der Waals surface area contributed by atoms with Crippen LogP contribution in [0.5, 0.6) is 11.5 Å². The van der Waals surface area contributed by atoms with E-state index in [2.05, 4.69) is 0 Å². The molecule has 0 saturated carbocycles. The van der Waals surface area contributed by atoms with Gasteiger partial charge >= 0.3 is 0 Å². The molecule has 0 aliphatic carbocycles. The maximum atomic E-state index is 9.25. The molecule has 0 fully saturated rings. The van der Waals surface area contributed by atoms with E-state index in [1.54, 1.807) is 24.3 Å². The Morgan fingerprint density at radius 3 is 1.04 bits per heavy atom. The van der Waals surface area contributed by atoms with Gasteiger partial charge < -0.3 is 10.2 Å². The van der Waals surface area contributed by atoms with E-state index >= 15 is 0 Å². The SMILES string of the molecule is Oc1ccc(CCCCCCCCCCc2ccc(O)cc2)cc1. The molecule has 0 atom stereocenters. The number of unbranched alkanes of at least 4 members (excludes halogenated alkanes) is 7. The van der Waals surface area contributed by atoms with Gasteiger partial charge in [0.2, 0.25) is 0 Å². The van der Waals surface area contributed by atoms with E-state index in [1.807, 2.05) is 24.3 Å². The molecule has 2 aromatic carbocycles. The smallest absolute Gasteiger partial charge is 0.115 e. The van der Waals surface area contributed by atoms with Crippen LogP contribution in [0.1, 0.15) is 62.5 Å². The molecule has 24 heavy (non-hydrogen) atoms. The van der Waals surface area contributed by atoms with Gasteiger partial charge in [0, 0.05) is 0 Å². The number of phenols is 2. The van der Waals surface area contributed by atoms with Gasteiger partial charge in [-0.15, -0.1) is 0 Å². The fourth-order valence-corrected chi connectivity index (χ4v) is 3.04. The third-order valence-electron chi connectivity index (χ3n) is 4.55. The summed E-state index contributed by atoms with van der Waals surface area (Å²) >= 11 is 0. The topological polar surface area (TPSA) is 40.5 Å². The van der Waals surface area contributed by atoms with Gasteiger partial charge in [0.25, 0.3) is 0 Å². The van der Waals surface area contributed by atoms with Gasteiger partial charge in [-0.25, -0.2) is 0 Å². The molecule has 0 aliphatic heterocycles. The third kappa shape index (κ3) is 7.54. The second-order valence-electron chi connectivity index (χ2n) is 6.66. The summed E-state index contributed by atoms with van der Waals surface area (Å²) in [6.07, 6.45) is 12.7. The summed E-state index contributed by atoms with van der Waals surface area (Å²) in [5.74, 6) is 0.702. The highest BCUT2D eigenvalue weighted by atomic mass is 16.3. The minimum Gasteiger partial charge on any atom is -0.508 e. The van der Waals surface area contributed by atoms with Gasteiger partial charge in [-0.2, -0.15) is 0 Å². The zero-order valence-corrected chi connectivity index (χ0v) is 14.6. The number of phenolic OH excluding ortho intramolecular Hbond substituents is 2. The molecular weight excluding hydrogens is 296 g/mol. The second-order valence-corrected chi connectivity index (χ2v) is 6.66. The summed E-state index contributed by atoms with van der Waals surface area (Å²) in [6.45, 7) is 0. The zero-order valence-electron chi connectivity index (χ0n) is 14.6. The first-order chi connectivity index (χ1) is 11.7. The van der Waals surface area contributed by atoms with Crippen molar-refractivity contribution < 1.29 is 10.2 Å². The monoisotopic (exact) mass is 326 g/mol. The Hall–Kier alpha value is -1.96. The van der Waals surface area contributed by atoms with Crippen LogP contribution in [0.4, 0.5) is 0 Å². The van der Waals surface area contributed by atoms with E-state index in [4.69, 9.17) is 0 Å². The molecule has 130 valence electrons. The van der Waals surface area contributed by atoms with Crippen LogP contribution in [0.15, 0.2) is 48.5 Å². The average molecular weight is 326 g/mol. The maximum Gasteiger partial charge on any atom is 0.115 e. The molecule has 2 N–H and O–H groups in total. The number of benzene rings is 2. The largest absolute Gasteiger partial charge is 0.508 e. The lowest BCUT2D eigenvalue weighted by molar-refractivity contribution is 0.474. The van der Waals surface area contributed by atoms with E-state index in [0.29, 0.717) is 11.5 Å². The maximum absolute atomic E-state index is 9.25. The van der Waals surface area contributed by atoms with Gasteiger partial charge in [0.05, 0.1) is 0 Å². The van der Waals surface area contributed by atoms with E-state index in [0.717, 1.165) is 12.8 Å². The van der Waals surface area contributed by atoms with Crippen LogP contribution in [-0.4, -0.2) is 10.2 Å². The van der Waals surface area contributed by atoms with Crippen molar-refractivity contribution in [1.29, 1.82) is 0 Å². The molecule has 2 aromatic rings. The van der Waals surface area contributed by atoms with Crippen molar-refractivity contribution in [2.75, 3.05) is 0 Å². The van der Waals surface area contributed by atoms with Gasteiger partial charge in [-0.3, -0.25) is 0 Å². The highest BCUT2D eigenvalue weighted by Gasteiger charge is 1.97. The highest BCUT2D eigenvalue weighted by molar-refractivity contribution is 5.26. The fraction of sp³-hybridized carbons (Fsp3) is 0.455. The molecule has 2 heteroatoms. The van der Waals surface area contributed by atoms with E-state index in [1.165, 1.54) is 62.5 Å². The van der Waals surface area contributed by atoms with Crippen molar-refractivity contribution in [3.8, 4) is 11.5 Å². The van der Waals surface area contributed by atoms with Crippen molar-refractivity contribution in [3.05, 3.63) is 59.7 Å². The Balaban J connectivity index is 1.40. The first kappa shape index (κ1) is 18.4. The van der Waals surface area contributed by atoms with E-state index < -0.39 is 0 Å². The standard InChI is InChI=1S/C22H30O2/c23-21-15-11-19(12-16-21)9-7-5-3-1-2-4-6-8-10-20-13-17-22(24)18-14-20/h11-18,23-24H,1-10H2. The molecule has 0 aromatic heterocycles. The first-order valence-electron chi connectivity index (χ1n) is 9.30. The number of hydrogen-bond acceptors (Lipinski definition) is 2. The molecule has 0 saturated heterocycles. The molecular formula is C22H30O2. The van der Waals surface area contributed by atoms with Crippen LogP contribution in [-0.2, 0) is 12.8 Å². The molecule has 0 heterocycles. The van der Waals surface area contributed by atoms with Gasteiger partial charge in [-0.1, -0.05) is 62.8 Å². The Kier molecular flexibility index (Phi) is 8.23. The Labute approximate surface area is 146 Å². The molecule has 2 rings (SSSR count). The summed E-state index contributed by atoms with van der Waals surface area (Å²) in [5, 5.41) is 18.5. The highest BCUT2D eigenvalue weighted by Crippen LogP contribution is 2.15. The number of aryl methyl sites for hydroxylation is 2. The van der Waals surface area contributed by atoms with Gasteiger partial charge in [0.1, 0.15) is 11.5 Å². The third-order valence-corrected chi connectivity index (χ3v) is 4.55. The molecule has 0 bridgehead atoms. The molecule has 0 amide bonds. The van der Waals surface area contributed by atoms with Crippen molar-refractivity contribution in [2.24, 2.45) is 0 Å². The zero-order chi connectivity index (χ0) is 17.0. The summed E-state index contributed by atoms with van der Waals surface area (Å²) < 4.78 is 0. The predicted molar refractivity (Wildman–Crippen MR) is 101 cm³/mol. The lowest BCUT2D eigenvalue weighted by Crippen LogP contribution is -1.87. The molecule has 0 spiro atoms. The molecule has 0 radical (unpaired) electrons. The Bertz CT molecular complexity index is 504. The summed E-state index contributed by atoms with van der Waals surface area (Å²) in [6, 6.07) is 15.2. The van der Waals surface area contributed by atoms with Gasteiger partial charge in [0.15, 0.2) is 0 Å². The van der Waals surface area contributed by atoms with Crippen LogP contribution in [0, 0.1) is 0 Å². The van der Waals surface area contributed by atoms with Crippen LogP contribution in [0.3, 0.4) is 0 Å².